The van der Waals surface area contributed by atoms with E-state index < -0.39 is 0 Å². The zero-order valence-electron chi connectivity index (χ0n) is 12.6. The molecule has 5 nitrogen and oxygen atoms in total. The molecule has 0 spiro atoms. The molecule has 0 fully saturated rings. The fourth-order valence-electron chi connectivity index (χ4n) is 1.79. The second-order valence-electron chi connectivity index (χ2n) is 4.74. The smallest absolute Gasteiger partial charge is 0.191 e. The third-order valence-electron chi connectivity index (χ3n) is 2.96. The number of ether oxygens (including phenoxy) is 1. The Kier molecular flexibility index (Phi) is 5.78. The lowest BCUT2D eigenvalue weighted by molar-refractivity contribution is 0.373. The van der Waals surface area contributed by atoms with E-state index in [1.165, 1.54) is 18.9 Å². The molecule has 0 aromatic heterocycles. The number of hydrazone groups is 1. The number of phenolic OH excluding ortho intramolecular Hbond substituents is 1. The number of halogens is 1. The van der Waals surface area contributed by atoms with Crippen LogP contribution >= 0.6 is 23.8 Å². The first-order valence-corrected chi connectivity index (χ1v) is 7.51. The van der Waals surface area contributed by atoms with Gasteiger partial charge in [0.2, 0.25) is 0 Å². The van der Waals surface area contributed by atoms with E-state index in [1.54, 1.807) is 12.1 Å². The van der Waals surface area contributed by atoms with Gasteiger partial charge in [-0.1, -0.05) is 29.3 Å². The summed E-state index contributed by atoms with van der Waals surface area (Å²) < 4.78 is 5.03. The van der Waals surface area contributed by atoms with E-state index in [4.69, 9.17) is 28.6 Å². The minimum Gasteiger partial charge on any atom is -0.503 e. The van der Waals surface area contributed by atoms with E-state index in [9.17, 15) is 5.11 Å². The highest BCUT2D eigenvalue weighted by Crippen LogP contribution is 2.34. The molecular formula is C16H16ClN3O2S. The number of nitrogens with zero attached hydrogens (tertiary/aromatic N) is 1. The molecule has 0 unspecified atom stereocenters. The Morgan fingerprint density at radius 2 is 2.00 bits per heavy atom. The van der Waals surface area contributed by atoms with E-state index in [1.807, 2.05) is 31.2 Å². The zero-order chi connectivity index (χ0) is 16.8. The van der Waals surface area contributed by atoms with Crippen LogP contribution in [-0.2, 0) is 0 Å². The maximum atomic E-state index is 9.67. The van der Waals surface area contributed by atoms with Gasteiger partial charge < -0.3 is 15.2 Å². The van der Waals surface area contributed by atoms with Gasteiger partial charge in [-0.2, -0.15) is 5.10 Å². The topological polar surface area (TPSA) is 65.9 Å². The minimum absolute atomic E-state index is 0.101. The maximum absolute atomic E-state index is 9.67. The summed E-state index contributed by atoms with van der Waals surface area (Å²) in [5.74, 6) is 0.176. The number of anilines is 1. The third kappa shape index (κ3) is 4.84. The van der Waals surface area contributed by atoms with Crippen molar-refractivity contribution in [1.29, 1.82) is 0 Å². The van der Waals surface area contributed by atoms with Crippen LogP contribution < -0.4 is 15.5 Å². The van der Waals surface area contributed by atoms with E-state index in [-0.39, 0.29) is 16.5 Å². The average molecular weight is 350 g/mol. The highest BCUT2D eigenvalue weighted by atomic mass is 35.5. The molecule has 0 bridgehead atoms. The van der Waals surface area contributed by atoms with Gasteiger partial charge in [0.15, 0.2) is 16.6 Å². The number of phenols is 1. The Morgan fingerprint density at radius 3 is 2.65 bits per heavy atom. The molecule has 0 aliphatic rings. The van der Waals surface area contributed by atoms with Crippen LogP contribution in [-0.4, -0.2) is 23.5 Å². The molecule has 3 N–H and O–H groups in total. The number of hydrogen-bond donors (Lipinski definition) is 3. The molecule has 2 aromatic rings. The number of aromatic hydroxyl groups is 1. The largest absolute Gasteiger partial charge is 0.503 e. The molecular weight excluding hydrogens is 334 g/mol. The Labute approximate surface area is 144 Å². The first-order chi connectivity index (χ1) is 11.0. The molecule has 0 aliphatic heterocycles. The fourth-order valence-corrected chi connectivity index (χ4v) is 2.17. The monoisotopic (exact) mass is 349 g/mol. The maximum Gasteiger partial charge on any atom is 0.191 e. The summed E-state index contributed by atoms with van der Waals surface area (Å²) in [6.07, 6.45) is 1.52. The van der Waals surface area contributed by atoms with Crippen molar-refractivity contribution in [3.8, 4) is 11.5 Å². The number of benzene rings is 2. The van der Waals surface area contributed by atoms with Crippen molar-refractivity contribution in [1.82, 2.24) is 5.43 Å². The summed E-state index contributed by atoms with van der Waals surface area (Å²) in [5.41, 5.74) is 5.42. The third-order valence-corrected chi connectivity index (χ3v) is 3.44. The number of nitrogens with one attached hydrogen (secondary N) is 2. The summed E-state index contributed by atoms with van der Waals surface area (Å²) in [6, 6.07) is 11.0. The van der Waals surface area contributed by atoms with E-state index in [0.29, 0.717) is 10.7 Å². The molecule has 120 valence electrons. The molecule has 7 heteroatoms. The normalized spacial score (nSPS) is 10.6. The van der Waals surface area contributed by atoms with Crippen LogP contribution in [0.1, 0.15) is 11.1 Å². The quantitative estimate of drug-likeness (QED) is 0.446. The van der Waals surface area contributed by atoms with Crippen LogP contribution in [0.2, 0.25) is 5.02 Å². The molecule has 23 heavy (non-hydrogen) atoms. The van der Waals surface area contributed by atoms with E-state index in [2.05, 4.69) is 15.8 Å². The van der Waals surface area contributed by atoms with Gasteiger partial charge in [-0.3, -0.25) is 5.43 Å². The van der Waals surface area contributed by atoms with Gasteiger partial charge >= 0.3 is 0 Å². The number of aryl methyl sites for hydroxylation is 1. The first-order valence-electron chi connectivity index (χ1n) is 6.73. The van der Waals surface area contributed by atoms with Crippen LogP contribution in [0, 0.1) is 6.92 Å². The second kappa shape index (κ2) is 7.80. The highest BCUT2D eigenvalue weighted by Gasteiger charge is 2.07. The summed E-state index contributed by atoms with van der Waals surface area (Å²) in [4.78, 5) is 0. The van der Waals surface area contributed by atoms with Crippen molar-refractivity contribution in [2.75, 3.05) is 12.4 Å². The SMILES string of the molecule is COc1cc(/C=N/NC(=S)Nc2ccc(C)cc2)cc(Cl)c1O. The molecule has 2 rings (SSSR count). The van der Waals surface area contributed by atoms with Gasteiger partial charge in [0.05, 0.1) is 18.3 Å². The molecule has 0 atom stereocenters. The number of thiocarbonyl (C=S) groups is 1. The molecule has 2 aromatic carbocycles. The van der Waals surface area contributed by atoms with Crippen molar-refractivity contribution >= 4 is 40.8 Å². The van der Waals surface area contributed by atoms with Crippen molar-refractivity contribution in [2.45, 2.75) is 6.92 Å². The minimum atomic E-state index is -0.101. The van der Waals surface area contributed by atoms with Crippen molar-refractivity contribution in [3.05, 3.63) is 52.5 Å². The van der Waals surface area contributed by atoms with Gasteiger partial charge in [-0.05, 0) is 49.0 Å². The zero-order valence-corrected chi connectivity index (χ0v) is 14.2. The Morgan fingerprint density at radius 1 is 1.30 bits per heavy atom. The lowest BCUT2D eigenvalue weighted by Crippen LogP contribution is -2.23. The van der Waals surface area contributed by atoms with Crippen molar-refractivity contribution in [3.63, 3.8) is 0 Å². The number of methoxy groups -OCH3 is 1. The summed E-state index contributed by atoms with van der Waals surface area (Å²) >= 11 is 11.1. The number of rotatable bonds is 4. The van der Waals surface area contributed by atoms with Crippen LogP contribution in [0.5, 0.6) is 11.5 Å². The van der Waals surface area contributed by atoms with Gasteiger partial charge in [-0.15, -0.1) is 0 Å². The Hall–Kier alpha value is -2.31. The summed E-state index contributed by atoms with van der Waals surface area (Å²) in [7, 11) is 1.45. The Bertz CT molecular complexity index is 733. The molecule has 0 amide bonds. The molecule has 0 radical (unpaired) electrons. The van der Waals surface area contributed by atoms with E-state index in [0.717, 1.165) is 5.69 Å². The van der Waals surface area contributed by atoms with Crippen LogP contribution in [0.25, 0.3) is 0 Å². The fraction of sp³-hybridized carbons (Fsp3) is 0.125. The van der Waals surface area contributed by atoms with Crippen molar-refractivity contribution < 1.29 is 9.84 Å². The second-order valence-corrected chi connectivity index (χ2v) is 5.56. The predicted octanol–water partition coefficient (Wildman–Crippen LogP) is 3.68. The molecule has 0 heterocycles. The number of hydrogen-bond acceptors (Lipinski definition) is 4. The molecule has 0 saturated carbocycles. The van der Waals surface area contributed by atoms with Crippen LogP contribution in [0.15, 0.2) is 41.5 Å². The summed E-state index contributed by atoms with van der Waals surface area (Å²) in [6.45, 7) is 2.02. The van der Waals surface area contributed by atoms with Gasteiger partial charge in [0, 0.05) is 5.69 Å². The van der Waals surface area contributed by atoms with Crippen LogP contribution in [0.4, 0.5) is 5.69 Å². The summed E-state index contributed by atoms with van der Waals surface area (Å²) in [5, 5.41) is 17.3. The Balaban J connectivity index is 1.97. The van der Waals surface area contributed by atoms with Gasteiger partial charge in [0.1, 0.15) is 0 Å². The van der Waals surface area contributed by atoms with Crippen LogP contribution in [0.3, 0.4) is 0 Å². The lowest BCUT2D eigenvalue weighted by Gasteiger charge is -2.08. The standard InChI is InChI=1S/C16H16ClN3O2S/c1-10-3-5-12(6-4-10)19-16(23)20-18-9-11-7-13(17)15(21)14(8-11)22-2/h3-9,21H,1-2H3,(H2,19,20,23)/b18-9+. The van der Waals surface area contributed by atoms with Crippen molar-refractivity contribution in [2.24, 2.45) is 5.10 Å². The predicted molar refractivity (Wildman–Crippen MR) is 97.8 cm³/mol. The molecule has 0 aliphatic carbocycles. The first kappa shape index (κ1) is 17.1. The lowest BCUT2D eigenvalue weighted by atomic mass is 10.2. The van der Waals surface area contributed by atoms with Gasteiger partial charge in [-0.25, -0.2) is 0 Å². The van der Waals surface area contributed by atoms with Gasteiger partial charge in [0.25, 0.3) is 0 Å². The molecule has 0 saturated heterocycles. The highest BCUT2D eigenvalue weighted by molar-refractivity contribution is 7.80. The average Bonchev–Trinajstić information content (AvgIpc) is 2.53. The van der Waals surface area contributed by atoms with E-state index >= 15 is 0 Å².